The van der Waals surface area contributed by atoms with Crippen molar-refractivity contribution in [3.05, 3.63) is 71.4 Å². The molecule has 0 N–H and O–H groups in total. The lowest BCUT2D eigenvalue weighted by Crippen LogP contribution is -2.27. The van der Waals surface area contributed by atoms with Crippen molar-refractivity contribution < 1.29 is 9.32 Å². The summed E-state index contributed by atoms with van der Waals surface area (Å²) in [6.07, 6.45) is 1.65. The summed E-state index contributed by atoms with van der Waals surface area (Å²) in [7, 11) is 5.81. The molecular formula is C21H24N4O2. The van der Waals surface area contributed by atoms with Crippen LogP contribution < -0.4 is 0 Å². The van der Waals surface area contributed by atoms with Crippen molar-refractivity contribution in [1.29, 1.82) is 0 Å². The fourth-order valence-electron chi connectivity index (χ4n) is 3.00. The quantitative estimate of drug-likeness (QED) is 0.671. The predicted molar refractivity (Wildman–Crippen MR) is 104 cm³/mol. The van der Waals surface area contributed by atoms with Crippen LogP contribution in [-0.4, -0.2) is 47.0 Å². The van der Waals surface area contributed by atoms with E-state index in [1.165, 1.54) is 5.56 Å². The molecule has 3 rings (SSSR count). The van der Waals surface area contributed by atoms with Crippen molar-refractivity contribution in [3.8, 4) is 11.1 Å². The zero-order valence-electron chi connectivity index (χ0n) is 16.1. The standard InChI is InChI=1S/C21H24N4O2/c1-15-11-18(23-27-15)14-25(4)21(26)20-19(9-6-10-22-20)17-8-5-7-16(12-17)13-24(2)3/h5-12H,13-14H2,1-4H3. The number of rotatable bonds is 6. The van der Waals surface area contributed by atoms with Crippen molar-refractivity contribution in [3.63, 3.8) is 0 Å². The van der Waals surface area contributed by atoms with Crippen LogP contribution in [0.1, 0.15) is 27.5 Å². The maximum atomic E-state index is 13.0. The highest BCUT2D eigenvalue weighted by Gasteiger charge is 2.19. The molecular weight excluding hydrogens is 340 g/mol. The molecule has 2 heterocycles. The van der Waals surface area contributed by atoms with Crippen LogP contribution in [0.5, 0.6) is 0 Å². The van der Waals surface area contributed by atoms with Crippen LogP contribution in [0.2, 0.25) is 0 Å². The zero-order valence-corrected chi connectivity index (χ0v) is 16.1. The van der Waals surface area contributed by atoms with Crippen LogP contribution in [0.3, 0.4) is 0 Å². The first-order chi connectivity index (χ1) is 12.9. The normalized spacial score (nSPS) is 11.0. The Bertz CT molecular complexity index is 933. The van der Waals surface area contributed by atoms with Gasteiger partial charge in [0.1, 0.15) is 17.1 Å². The molecule has 27 heavy (non-hydrogen) atoms. The number of nitrogens with zero attached hydrogens (tertiary/aromatic N) is 4. The maximum absolute atomic E-state index is 13.0. The van der Waals surface area contributed by atoms with E-state index in [9.17, 15) is 4.79 Å². The number of hydrogen-bond donors (Lipinski definition) is 0. The van der Waals surface area contributed by atoms with Crippen molar-refractivity contribution >= 4 is 5.91 Å². The summed E-state index contributed by atoms with van der Waals surface area (Å²) in [5.74, 6) is 0.575. The van der Waals surface area contributed by atoms with Crippen LogP contribution in [0.4, 0.5) is 0 Å². The van der Waals surface area contributed by atoms with Crippen LogP contribution >= 0.6 is 0 Å². The van der Waals surface area contributed by atoms with E-state index < -0.39 is 0 Å². The molecule has 0 bridgehead atoms. The monoisotopic (exact) mass is 364 g/mol. The van der Waals surface area contributed by atoms with Gasteiger partial charge in [-0.15, -0.1) is 0 Å². The molecule has 6 heteroatoms. The lowest BCUT2D eigenvalue weighted by Gasteiger charge is -2.17. The van der Waals surface area contributed by atoms with Crippen LogP contribution in [-0.2, 0) is 13.1 Å². The third kappa shape index (κ3) is 4.60. The summed E-state index contributed by atoms with van der Waals surface area (Å²) in [6, 6.07) is 13.8. The van der Waals surface area contributed by atoms with Crippen molar-refractivity contribution in [2.24, 2.45) is 0 Å². The van der Waals surface area contributed by atoms with E-state index in [1.807, 2.05) is 51.4 Å². The van der Waals surface area contributed by atoms with E-state index in [4.69, 9.17) is 4.52 Å². The SMILES string of the molecule is Cc1cc(CN(C)C(=O)c2ncccc2-c2cccc(CN(C)C)c2)no1. The van der Waals surface area contributed by atoms with Gasteiger partial charge in [0.05, 0.1) is 6.54 Å². The molecule has 0 atom stereocenters. The van der Waals surface area contributed by atoms with E-state index in [2.05, 4.69) is 27.2 Å². The molecule has 140 valence electrons. The molecule has 0 aliphatic heterocycles. The number of pyridine rings is 1. The zero-order chi connectivity index (χ0) is 19.4. The second-order valence-corrected chi connectivity index (χ2v) is 6.93. The average molecular weight is 364 g/mol. The van der Waals surface area contributed by atoms with E-state index in [1.54, 1.807) is 18.1 Å². The van der Waals surface area contributed by atoms with Gasteiger partial charge in [0.15, 0.2) is 0 Å². The van der Waals surface area contributed by atoms with Gasteiger partial charge in [-0.25, -0.2) is 0 Å². The summed E-state index contributed by atoms with van der Waals surface area (Å²) in [4.78, 5) is 21.1. The minimum atomic E-state index is -0.149. The molecule has 2 aromatic heterocycles. The summed E-state index contributed by atoms with van der Waals surface area (Å²) in [6.45, 7) is 3.03. The van der Waals surface area contributed by atoms with E-state index in [0.29, 0.717) is 17.9 Å². The first-order valence-electron chi connectivity index (χ1n) is 8.81. The Labute approximate surface area is 159 Å². The van der Waals surface area contributed by atoms with E-state index in [0.717, 1.165) is 23.4 Å². The fourth-order valence-corrected chi connectivity index (χ4v) is 3.00. The van der Waals surface area contributed by atoms with Gasteiger partial charge in [0.25, 0.3) is 5.91 Å². The minimum Gasteiger partial charge on any atom is -0.361 e. The molecule has 0 radical (unpaired) electrons. The number of carbonyl (C=O) groups excluding carboxylic acids is 1. The number of hydrogen-bond acceptors (Lipinski definition) is 5. The minimum absolute atomic E-state index is 0.149. The molecule has 0 saturated carbocycles. The lowest BCUT2D eigenvalue weighted by atomic mass is 10.0. The molecule has 0 aliphatic carbocycles. The van der Waals surface area contributed by atoms with Crippen molar-refractivity contribution in [1.82, 2.24) is 19.9 Å². The predicted octanol–water partition coefficient (Wildman–Crippen LogP) is 3.38. The van der Waals surface area contributed by atoms with Gasteiger partial charge in [0.2, 0.25) is 0 Å². The van der Waals surface area contributed by atoms with Gasteiger partial charge in [-0.3, -0.25) is 9.78 Å². The van der Waals surface area contributed by atoms with Gasteiger partial charge >= 0.3 is 0 Å². The highest BCUT2D eigenvalue weighted by Crippen LogP contribution is 2.25. The van der Waals surface area contributed by atoms with Gasteiger partial charge in [-0.05, 0) is 44.3 Å². The second kappa shape index (κ2) is 8.14. The molecule has 3 aromatic rings. The van der Waals surface area contributed by atoms with Gasteiger partial charge < -0.3 is 14.3 Å². The summed E-state index contributed by atoms with van der Waals surface area (Å²) in [5.41, 5.74) is 4.14. The average Bonchev–Trinajstić information content (AvgIpc) is 3.05. The Morgan fingerprint density at radius 2 is 1.89 bits per heavy atom. The summed E-state index contributed by atoms with van der Waals surface area (Å²) in [5, 5.41) is 3.96. The Balaban J connectivity index is 1.88. The number of carbonyl (C=O) groups is 1. The Morgan fingerprint density at radius 3 is 2.59 bits per heavy atom. The first-order valence-corrected chi connectivity index (χ1v) is 8.81. The number of aryl methyl sites for hydroxylation is 1. The fraction of sp³-hybridized carbons (Fsp3) is 0.286. The Hall–Kier alpha value is -2.99. The molecule has 6 nitrogen and oxygen atoms in total. The first kappa shape index (κ1) is 18.8. The lowest BCUT2D eigenvalue weighted by molar-refractivity contribution is 0.0777. The number of amides is 1. The van der Waals surface area contributed by atoms with Crippen molar-refractivity contribution in [2.75, 3.05) is 21.1 Å². The molecule has 0 spiro atoms. The molecule has 0 fully saturated rings. The largest absolute Gasteiger partial charge is 0.361 e. The van der Waals surface area contributed by atoms with E-state index in [-0.39, 0.29) is 5.91 Å². The van der Waals surface area contributed by atoms with Crippen LogP contribution in [0.25, 0.3) is 11.1 Å². The Kier molecular flexibility index (Phi) is 5.66. The summed E-state index contributed by atoms with van der Waals surface area (Å²) >= 11 is 0. The van der Waals surface area contributed by atoms with Gasteiger partial charge in [0, 0.05) is 31.4 Å². The number of aromatic nitrogens is 2. The molecule has 0 unspecified atom stereocenters. The smallest absolute Gasteiger partial charge is 0.273 e. The topological polar surface area (TPSA) is 62.5 Å². The van der Waals surface area contributed by atoms with E-state index >= 15 is 0 Å². The van der Waals surface area contributed by atoms with Crippen LogP contribution in [0.15, 0.2) is 53.2 Å². The summed E-state index contributed by atoms with van der Waals surface area (Å²) < 4.78 is 5.08. The Morgan fingerprint density at radius 1 is 1.07 bits per heavy atom. The molecule has 1 aromatic carbocycles. The molecule has 0 aliphatic rings. The van der Waals surface area contributed by atoms with Crippen LogP contribution in [0, 0.1) is 6.92 Å². The van der Waals surface area contributed by atoms with Gasteiger partial charge in [-0.2, -0.15) is 0 Å². The third-order valence-corrected chi connectivity index (χ3v) is 4.17. The second-order valence-electron chi connectivity index (χ2n) is 6.93. The molecule has 0 saturated heterocycles. The third-order valence-electron chi connectivity index (χ3n) is 4.17. The van der Waals surface area contributed by atoms with Crippen molar-refractivity contribution in [2.45, 2.75) is 20.0 Å². The molecule has 1 amide bonds. The maximum Gasteiger partial charge on any atom is 0.273 e. The highest BCUT2D eigenvalue weighted by atomic mass is 16.5. The number of benzene rings is 1. The highest BCUT2D eigenvalue weighted by molar-refractivity contribution is 5.98. The van der Waals surface area contributed by atoms with Gasteiger partial charge in [-0.1, -0.05) is 29.4 Å².